The van der Waals surface area contributed by atoms with E-state index in [1.165, 1.54) is 6.20 Å². The van der Waals surface area contributed by atoms with Crippen LogP contribution in [0.3, 0.4) is 0 Å². The van der Waals surface area contributed by atoms with Crippen molar-refractivity contribution in [1.82, 2.24) is 9.88 Å². The minimum absolute atomic E-state index is 0.0802. The van der Waals surface area contributed by atoms with E-state index in [2.05, 4.69) is 9.88 Å². The molecule has 4 rings (SSSR count). The summed E-state index contributed by atoms with van der Waals surface area (Å²) in [7, 11) is 1.55. The number of nitrogens with zero attached hydrogens (tertiary/aromatic N) is 2. The van der Waals surface area contributed by atoms with Crippen LogP contribution in [0.15, 0.2) is 53.6 Å². The third kappa shape index (κ3) is 6.69. The van der Waals surface area contributed by atoms with Crippen molar-refractivity contribution in [2.75, 3.05) is 32.5 Å². The zero-order valence-corrected chi connectivity index (χ0v) is 23.1. The number of benzene rings is 2. The zero-order valence-electron chi connectivity index (χ0n) is 20.8. The molecule has 0 aliphatic carbocycles. The molecule has 5 nitrogen and oxygen atoms in total. The van der Waals surface area contributed by atoms with Gasteiger partial charge in [-0.3, -0.25) is 9.78 Å². The van der Waals surface area contributed by atoms with Crippen LogP contribution in [0.5, 0.6) is 5.75 Å². The van der Waals surface area contributed by atoms with Crippen molar-refractivity contribution in [2.24, 2.45) is 5.41 Å². The van der Waals surface area contributed by atoms with Gasteiger partial charge in [0.15, 0.2) is 0 Å². The Balaban J connectivity index is 1.33. The van der Waals surface area contributed by atoms with Gasteiger partial charge in [0.2, 0.25) is 0 Å². The second-order valence-corrected chi connectivity index (χ2v) is 11.4. The summed E-state index contributed by atoms with van der Waals surface area (Å²) in [4.78, 5) is 20.0. The summed E-state index contributed by atoms with van der Waals surface area (Å²) in [5.41, 5.74) is 0.0385. The van der Waals surface area contributed by atoms with E-state index in [1.807, 2.05) is 24.3 Å². The van der Waals surface area contributed by atoms with Crippen LogP contribution in [0.4, 0.5) is 4.39 Å². The number of carboxylic acid groups (broad SMARTS) is 1. The highest BCUT2D eigenvalue weighted by Gasteiger charge is 2.41. The van der Waals surface area contributed by atoms with Gasteiger partial charge >= 0.3 is 5.97 Å². The Hall–Kier alpha value is -2.06. The first-order chi connectivity index (χ1) is 17.8. The number of hydrogen-bond acceptors (Lipinski definition) is 5. The van der Waals surface area contributed by atoms with Crippen LogP contribution in [0.25, 0.3) is 10.9 Å². The molecular weight excluding hydrogens is 534 g/mol. The zero-order chi connectivity index (χ0) is 26.4. The smallest absolute Gasteiger partial charge is 0.309 e. The monoisotopic (exact) mass is 564 g/mol. The van der Waals surface area contributed by atoms with Crippen molar-refractivity contribution in [1.29, 1.82) is 0 Å². The number of hydrogen-bond donors (Lipinski definition) is 1. The molecule has 2 aromatic carbocycles. The Morgan fingerprint density at radius 1 is 1.22 bits per heavy atom. The first-order valence-corrected chi connectivity index (χ1v) is 14.2. The molecule has 1 fully saturated rings. The fourth-order valence-corrected chi connectivity index (χ4v) is 6.41. The Bertz CT molecular complexity index is 1240. The minimum Gasteiger partial charge on any atom is -0.497 e. The van der Waals surface area contributed by atoms with E-state index in [0.717, 1.165) is 28.6 Å². The van der Waals surface area contributed by atoms with Gasteiger partial charge in [-0.15, -0.1) is 11.8 Å². The SMILES string of the molecule is COc1ccc2ncc(Cl)c([C@@H](F)CCC3(C(=O)O)CCN(CCCSc4ccccc4Cl)CC3)c2c1. The molecule has 0 bridgehead atoms. The third-order valence-corrected chi connectivity index (χ3v) is 9.14. The van der Waals surface area contributed by atoms with E-state index < -0.39 is 17.6 Å². The van der Waals surface area contributed by atoms with E-state index >= 15 is 4.39 Å². The molecule has 0 saturated carbocycles. The maximum atomic E-state index is 15.6. The molecule has 1 aromatic heterocycles. The number of alkyl halides is 1. The molecule has 1 aliphatic heterocycles. The molecule has 0 amide bonds. The Morgan fingerprint density at radius 2 is 1.97 bits per heavy atom. The number of fused-ring (bicyclic) bond motifs is 1. The lowest BCUT2D eigenvalue weighted by Gasteiger charge is -2.39. The van der Waals surface area contributed by atoms with Crippen LogP contribution in [-0.4, -0.2) is 53.5 Å². The number of likely N-dealkylation sites (tertiary alicyclic amines) is 1. The van der Waals surface area contributed by atoms with Gasteiger partial charge in [0.05, 0.1) is 28.1 Å². The van der Waals surface area contributed by atoms with Gasteiger partial charge in [0, 0.05) is 22.0 Å². The van der Waals surface area contributed by atoms with E-state index in [-0.39, 0.29) is 17.9 Å². The maximum absolute atomic E-state index is 15.6. The predicted octanol–water partition coefficient (Wildman–Crippen LogP) is 7.69. The minimum atomic E-state index is -1.40. The van der Waals surface area contributed by atoms with Crippen LogP contribution in [0.1, 0.15) is 43.8 Å². The summed E-state index contributed by atoms with van der Waals surface area (Å²) >= 11 is 14.3. The van der Waals surface area contributed by atoms with Crippen LogP contribution >= 0.6 is 35.0 Å². The number of piperidine rings is 1. The molecular formula is C28H31Cl2FN2O3S. The van der Waals surface area contributed by atoms with Crippen molar-refractivity contribution < 1.29 is 19.0 Å². The van der Waals surface area contributed by atoms with Crippen LogP contribution < -0.4 is 4.74 Å². The lowest BCUT2D eigenvalue weighted by atomic mass is 9.74. The average Bonchev–Trinajstić information content (AvgIpc) is 2.90. The van der Waals surface area contributed by atoms with E-state index in [0.29, 0.717) is 48.1 Å². The number of aromatic nitrogens is 1. The molecule has 1 atom stereocenters. The molecule has 0 radical (unpaired) electrons. The van der Waals surface area contributed by atoms with Gasteiger partial charge in [0.1, 0.15) is 11.9 Å². The van der Waals surface area contributed by atoms with Crippen LogP contribution in [0.2, 0.25) is 10.0 Å². The highest BCUT2D eigenvalue weighted by atomic mass is 35.5. The highest BCUT2D eigenvalue weighted by molar-refractivity contribution is 7.99. The number of rotatable bonds is 11. The molecule has 0 unspecified atom stereocenters. The molecule has 2 heterocycles. The van der Waals surface area contributed by atoms with Crippen LogP contribution in [0, 0.1) is 5.41 Å². The van der Waals surface area contributed by atoms with Gasteiger partial charge in [-0.2, -0.15) is 0 Å². The molecule has 1 saturated heterocycles. The van der Waals surface area contributed by atoms with Crippen molar-refractivity contribution in [2.45, 2.75) is 43.2 Å². The van der Waals surface area contributed by atoms with Crippen molar-refractivity contribution >= 4 is 51.8 Å². The number of methoxy groups -OCH3 is 1. The van der Waals surface area contributed by atoms with E-state index in [4.69, 9.17) is 27.9 Å². The lowest BCUT2D eigenvalue weighted by molar-refractivity contribution is -0.153. The fraction of sp³-hybridized carbons (Fsp3) is 0.429. The number of halogens is 3. The van der Waals surface area contributed by atoms with Crippen molar-refractivity contribution in [3.63, 3.8) is 0 Å². The molecule has 1 aliphatic rings. The Labute approximate surface area is 231 Å². The second-order valence-electron chi connectivity index (χ2n) is 9.47. The summed E-state index contributed by atoms with van der Waals surface area (Å²) in [6.07, 6.45) is 2.38. The normalized spacial score (nSPS) is 16.5. The number of thioether (sulfide) groups is 1. The lowest BCUT2D eigenvalue weighted by Crippen LogP contribution is -2.44. The summed E-state index contributed by atoms with van der Waals surface area (Å²) in [5, 5.41) is 11.7. The van der Waals surface area contributed by atoms with Gasteiger partial charge in [-0.1, -0.05) is 35.3 Å². The third-order valence-electron chi connectivity index (χ3n) is 7.24. The first-order valence-electron chi connectivity index (χ1n) is 12.4. The van der Waals surface area contributed by atoms with E-state index in [1.54, 1.807) is 37.1 Å². The molecule has 9 heteroatoms. The molecule has 3 aromatic rings. The molecule has 198 valence electrons. The quantitative estimate of drug-likeness (QED) is 0.190. The summed E-state index contributed by atoms with van der Waals surface area (Å²) in [5.74, 6) is 0.685. The number of ether oxygens (including phenoxy) is 1. The van der Waals surface area contributed by atoms with Gasteiger partial charge in [-0.25, -0.2) is 4.39 Å². The highest BCUT2D eigenvalue weighted by Crippen LogP contribution is 2.42. The van der Waals surface area contributed by atoms with Gasteiger partial charge in [-0.05, 0) is 87.8 Å². The maximum Gasteiger partial charge on any atom is 0.309 e. The standard InChI is InChI=1S/C28H31Cl2FN2O3S/c1-36-19-7-8-24-20(17-19)26(22(30)18-32-24)23(31)9-10-28(27(34)35)11-14-33(15-12-28)13-4-16-37-25-6-3-2-5-21(25)29/h2-3,5-8,17-18,23H,4,9-16H2,1H3,(H,34,35)/t23-/m0/s1. The molecule has 1 N–H and O–H groups in total. The van der Waals surface area contributed by atoms with Gasteiger partial charge in [0.25, 0.3) is 0 Å². The van der Waals surface area contributed by atoms with Crippen molar-refractivity contribution in [3.05, 3.63) is 64.3 Å². The number of aliphatic carboxylic acids is 1. The number of carbonyl (C=O) groups is 1. The predicted molar refractivity (Wildman–Crippen MR) is 149 cm³/mol. The summed E-state index contributed by atoms with van der Waals surface area (Å²) in [6, 6.07) is 13.1. The average molecular weight is 566 g/mol. The number of carboxylic acids is 1. The summed E-state index contributed by atoms with van der Waals surface area (Å²) in [6.45, 7) is 2.28. The van der Waals surface area contributed by atoms with Crippen LogP contribution in [-0.2, 0) is 4.79 Å². The Kier molecular flexibility index (Phi) is 9.57. The number of pyridine rings is 1. The summed E-state index contributed by atoms with van der Waals surface area (Å²) < 4.78 is 20.9. The van der Waals surface area contributed by atoms with Crippen molar-refractivity contribution in [3.8, 4) is 5.75 Å². The molecule has 37 heavy (non-hydrogen) atoms. The largest absolute Gasteiger partial charge is 0.497 e. The molecule has 0 spiro atoms. The van der Waals surface area contributed by atoms with E-state index in [9.17, 15) is 9.90 Å². The fourth-order valence-electron chi connectivity index (χ4n) is 4.97. The second kappa shape index (κ2) is 12.7. The van der Waals surface area contributed by atoms with Gasteiger partial charge < -0.3 is 14.7 Å². The topological polar surface area (TPSA) is 62.7 Å². The first kappa shape index (κ1) is 28.0. The Morgan fingerprint density at radius 3 is 2.68 bits per heavy atom.